The number of aromatic nitrogens is 4. The van der Waals surface area contributed by atoms with Crippen LogP contribution in [0.5, 0.6) is 0 Å². The quantitative estimate of drug-likeness (QED) is 0.427. The van der Waals surface area contributed by atoms with Crippen LogP contribution in [0.2, 0.25) is 0 Å². The molecule has 1 N–H and O–H groups in total. The van der Waals surface area contributed by atoms with Crippen molar-refractivity contribution in [1.82, 2.24) is 18.9 Å². The number of fused-ring (bicyclic) bond motifs is 1. The van der Waals surface area contributed by atoms with Crippen molar-refractivity contribution in [2.45, 2.75) is 13.5 Å². The smallest absolute Gasteiger partial charge is 0.359 e. The highest BCUT2D eigenvalue weighted by Gasteiger charge is 2.23. The van der Waals surface area contributed by atoms with Gasteiger partial charge in [0.05, 0.1) is 5.69 Å². The minimum Gasteiger partial charge on any atom is -0.359 e. The average Bonchev–Trinajstić information content (AvgIpc) is 3.28. The highest BCUT2D eigenvalue weighted by Crippen LogP contribution is 2.28. The maximum absolute atomic E-state index is 14.4. The molecule has 0 fully saturated rings. The van der Waals surface area contributed by atoms with Crippen molar-refractivity contribution in [2.24, 2.45) is 0 Å². The van der Waals surface area contributed by atoms with Crippen LogP contribution >= 0.6 is 11.3 Å². The summed E-state index contributed by atoms with van der Waals surface area (Å²) in [5.41, 5.74) is 1.05. The molecule has 0 aliphatic heterocycles. The van der Waals surface area contributed by atoms with E-state index in [1.165, 1.54) is 21.8 Å². The topological polar surface area (TPSA) is 90.3 Å². The fraction of sp³-hybridized carbons (Fsp3) is 0.125. The van der Waals surface area contributed by atoms with E-state index in [-0.39, 0.29) is 18.2 Å². The Hall–Kier alpha value is -3.27. The first-order chi connectivity index (χ1) is 12.5. The monoisotopic (exact) mass is 372 g/mol. The Bertz CT molecular complexity index is 1120. The van der Waals surface area contributed by atoms with E-state index >= 15 is 0 Å². The molecule has 4 rings (SSSR count). The van der Waals surface area contributed by atoms with Crippen molar-refractivity contribution in [3.8, 4) is 5.69 Å². The lowest BCUT2D eigenvalue weighted by Crippen LogP contribution is -2.05. The van der Waals surface area contributed by atoms with Crippen molar-refractivity contribution in [1.29, 1.82) is 0 Å². The number of nitrogens with zero attached hydrogens (tertiary/aromatic N) is 5. The number of hydrogen-bond acceptors (Lipinski definition) is 6. The van der Waals surface area contributed by atoms with Gasteiger partial charge in [-0.15, -0.1) is 0 Å². The normalized spacial score (nSPS) is 11.2. The third-order valence-corrected chi connectivity index (χ3v) is 4.72. The Kier molecular flexibility index (Phi) is 3.88. The summed E-state index contributed by atoms with van der Waals surface area (Å²) in [4.78, 5) is 19.7. The number of nitrogens with one attached hydrogen (secondary N) is 1. The number of thiazole rings is 1. The molecule has 0 aliphatic rings. The summed E-state index contributed by atoms with van der Waals surface area (Å²) in [6.45, 7) is 2.00. The first kappa shape index (κ1) is 16.2. The zero-order chi connectivity index (χ0) is 18.3. The van der Waals surface area contributed by atoms with Crippen LogP contribution in [-0.4, -0.2) is 23.9 Å². The Morgan fingerprint density at radius 1 is 1.38 bits per heavy atom. The van der Waals surface area contributed by atoms with E-state index in [4.69, 9.17) is 0 Å². The zero-order valence-corrected chi connectivity index (χ0v) is 14.4. The van der Waals surface area contributed by atoms with Gasteiger partial charge in [0.15, 0.2) is 0 Å². The maximum Gasteiger partial charge on any atom is 0.372 e. The summed E-state index contributed by atoms with van der Waals surface area (Å²) < 4.78 is 17.5. The first-order valence-corrected chi connectivity index (χ1v) is 8.55. The molecule has 8 nitrogen and oxygen atoms in total. The highest BCUT2D eigenvalue weighted by molar-refractivity contribution is 7.15. The molecular formula is C16H13FN6O2S. The van der Waals surface area contributed by atoms with E-state index in [0.717, 1.165) is 0 Å². The first-order valence-electron chi connectivity index (χ1n) is 7.67. The maximum atomic E-state index is 14.4. The molecule has 0 atom stereocenters. The molecule has 0 amide bonds. The SMILES string of the molecule is Cc1nccn1-c1ccc(CNc2nc3sccn3c2[N+](=O)[O-])cc1F. The number of rotatable bonds is 5. The molecule has 3 aromatic heterocycles. The van der Waals surface area contributed by atoms with Gasteiger partial charge in [0, 0.05) is 24.3 Å². The van der Waals surface area contributed by atoms with Gasteiger partial charge in [-0.1, -0.05) is 17.4 Å². The molecule has 0 aliphatic carbocycles. The second kappa shape index (κ2) is 6.23. The molecule has 10 heteroatoms. The Morgan fingerprint density at radius 2 is 2.23 bits per heavy atom. The lowest BCUT2D eigenvalue weighted by Gasteiger charge is -2.09. The van der Waals surface area contributed by atoms with Gasteiger partial charge in [-0.25, -0.2) is 9.37 Å². The van der Waals surface area contributed by atoms with Gasteiger partial charge in [0.2, 0.25) is 5.82 Å². The Balaban J connectivity index is 1.58. The van der Waals surface area contributed by atoms with Crippen LogP contribution in [0, 0.1) is 22.9 Å². The van der Waals surface area contributed by atoms with Crippen LogP contribution in [0.3, 0.4) is 0 Å². The fourth-order valence-electron chi connectivity index (χ4n) is 2.74. The standard InChI is InChI=1S/C16H13FN6O2S/c1-10-18-4-5-21(10)13-3-2-11(8-12(13)17)9-19-14-15(23(24)25)22-6-7-26-16(22)20-14/h2-8,19H,9H2,1H3. The van der Waals surface area contributed by atoms with Crippen LogP contribution < -0.4 is 5.32 Å². The minimum absolute atomic E-state index is 0.132. The Labute approximate surface area is 150 Å². The summed E-state index contributed by atoms with van der Waals surface area (Å²) in [6, 6.07) is 4.81. The Morgan fingerprint density at radius 3 is 2.92 bits per heavy atom. The van der Waals surface area contributed by atoms with Gasteiger partial charge in [-0.05, 0) is 29.5 Å². The predicted octanol–water partition coefficient (Wildman–Crippen LogP) is 3.55. The van der Waals surface area contributed by atoms with Gasteiger partial charge in [0.25, 0.3) is 4.96 Å². The van der Waals surface area contributed by atoms with Crippen molar-refractivity contribution < 1.29 is 9.31 Å². The lowest BCUT2D eigenvalue weighted by atomic mass is 10.2. The van der Waals surface area contributed by atoms with Crippen LogP contribution in [0.15, 0.2) is 42.2 Å². The van der Waals surface area contributed by atoms with Crippen molar-refractivity contribution in [2.75, 3.05) is 5.32 Å². The van der Waals surface area contributed by atoms with E-state index in [1.807, 2.05) is 0 Å². The molecule has 0 spiro atoms. The van der Waals surface area contributed by atoms with E-state index in [1.54, 1.807) is 47.6 Å². The zero-order valence-electron chi connectivity index (χ0n) is 13.6. The minimum atomic E-state index is -0.486. The second-order valence-corrected chi connectivity index (χ2v) is 6.45. The number of nitro groups is 1. The average molecular weight is 372 g/mol. The largest absolute Gasteiger partial charge is 0.372 e. The van der Waals surface area contributed by atoms with Crippen molar-refractivity contribution in [3.63, 3.8) is 0 Å². The molecule has 0 saturated heterocycles. The van der Waals surface area contributed by atoms with Gasteiger partial charge in [0.1, 0.15) is 17.8 Å². The summed E-state index contributed by atoms with van der Waals surface area (Å²) in [6.07, 6.45) is 4.89. The lowest BCUT2D eigenvalue weighted by molar-refractivity contribution is -0.389. The summed E-state index contributed by atoms with van der Waals surface area (Å²) in [5, 5.41) is 16.0. The molecule has 26 heavy (non-hydrogen) atoms. The van der Waals surface area contributed by atoms with Crippen LogP contribution in [-0.2, 0) is 6.54 Å². The van der Waals surface area contributed by atoms with Gasteiger partial charge < -0.3 is 20.0 Å². The van der Waals surface area contributed by atoms with E-state index < -0.39 is 10.7 Å². The molecule has 0 bridgehead atoms. The number of aryl methyl sites for hydroxylation is 1. The molecule has 3 heterocycles. The number of anilines is 1. The third-order valence-electron chi connectivity index (χ3n) is 3.97. The second-order valence-electron chi connectivity index (χ2n) is 5.58. The van der Waals surface area contributed by atoms with E-state index in [2.05, 4.69) is 15.3 Å². The molecule has 1 aromatic carbocycles. The summed E-state index contributed by atoms with van der Waals surface area (Å²) in [5.74, 6) is 0.318. The fourth-order valence-corrected chi connectivity index (χ4v) is 3.45. The molecule has 4 aromatic rings. The van der Waals surface area contributed by atoms with Crippen LogP contribution in [0.4, 0.5) is 16.0 Å². The molecule has 0 unspecified atom stereocenters. The van der Waals surface area contributed by atoms with Crippen LogP contribution in [0.1, 0.15) is 11.4 Å². The van der Waals surface area contributed by atoms with Gasteiger partial charge in [-0.2, -0.15) is 9.38 Å². The van der Waals surface area contributed by atoms with E-state index in [9.17, 15) is 14.5 Å². The summed E-state index contributed by atoms with van der Waals surface area (Å²) in [7, 11) is 0. The summed E-state index contributed by atoms with van der Waals surface area (Å²) >= 11 is 1.30. The third kappa shape index (κ3) is 2.69. The predicted molar refractivity (Wildman–Crippen MR) is 95.3 cm³/mol. The highest BCUT2D eigenvalue weighted by atomic mass is 32.1. The van der Waals surface area contributed by atoms with Crippen molar-refractivity contribution >= 4 is 27.9 Å². The molecule has 0 radical (unpaired) electrons. The molecule has 132 valence electrons. The van der Waals surface area contributed by atoms with Crippen LogP contribution in [0.25, 0.3) is 10.6 Å². The molecular weight excluding hydrogens is 359 g/mol. The van der Waals surface area contributed by atoms with Crippen molar-refractivity contribution in [3.05, 3.63) is 69.5 Å². The molecule has 0 saturated carbocycles. The van der Waals surface area contributed by atoms with Gasteiger partial charge >= 0.3 is 5.82 Å². The van der Waals surface area contributed by atoms with Gasteiger partial charge in [-0.3, -0.25) is 0 Å². The number of benzene rings is 1. The number of halogens is 1. The van der Waals surface area contributed by atoms with E-state index in [0.29, 0.717) is 22.0 Å². The number of imidazole rings is 2. The number of hydrogen-bond donors (Lipinski definition) is 1.